The van der Waals surface area contributed by atoms with Gasteiger partial charge in [-0.3, -0.25) is 14.5 Å². The fourth-order valence-corrected chi connectivity index (χ4v) is 6.76. The number of nitrogens with one attached hydrogen (secondary N) is 1. The third-order valence-electron chi connectivity index (χ3n) is 7.01. The van der Waals surface area contributed by atoms with E-state index in [0.29, 0.717) is 16.6 Å². The molecule has 1 N–H and O–H groups in total. The van der Waals surface area contributed by atoms with Crippen molar-refractivity contribution in [1.82, 2.24) is 10.1 Å². The van der Waals surface area contributed by atoms with Gasteiger partial charge in [-0.15, -0.1) is 11.3 Å². The van der Waals surface area contributed by atoms with Gasteiger partial charge in [0.05, 0.1) is 43.4 Å². The molecule has 5 rings (SSSR count). The van der Waals surface area contributed by atoms with Gasteiger partial charge in [-0.05, 0) is 12.1 Å². The lowest BCUT2D eigenvalue weighted by molar-refractivity contribution is -0.932. The van der Waals surface area contributed by atoms with Crippen molar-refractivity contribution in [3.8, 4) is 10.6 Å². The smallest absolute Gasteiger partial charge is 0.239 e. The molecule has 166 valence electrons. The van der Waals surface area contributed by atoms with Crippen LogP contribution in [0.1, 0.15) is 31.0 Å². The molecule has 2 amide bonds. The third-order valence-corrected chi connectivity index (χ3v) is 8.26. The van der Waals surface area contributed by atoms with E-state index >= 15 is 0 Å². The summed E-state index contributed by atoms with van der Waals surface area (Å²) < 4.78 is 7.16. The van der Waals surface area contributed by atoms with Crippen LogP contribution in [0.15, 0.2) is 22.7 Å². The number of carbonyl (C=O) groups is 2. The van der Waals surface area contributed by atoms with Gasteiger partial charge in [0.15, 0.2) is 5.76 Å². The molecule has 3 fully saturated rings. The number of imide groups is 1. The minimum atomic E-state index is -0.332. The summed E-state index contributed by atoms with van der Waals surface area (Å²) in [4.78, 5) is 30.6. The monoisotopic (exact) mass is 464 g/mol. The van der Waals surface area contributed by atoms with E-state index in [9.17, 15) is 9.59 Å². The Labute approximate surface area is 191 Å². The highest BCUT2D eigenvalue weighted by molar-refractivity contribution is 7.19. The van der Waals surface area contributed by atoms with Gasteiger partial charge < -0.3 is 13.9 Å². The standard InChI is InChI=1S/C22H28ClN4O3S/c1-27(2,3)11-5-10-26-21(28)18-14-6-4-9-25(14)20(19(18)22(26)29)13-12-15(30-24-13)16-7-8-17(23)31-16/h7-8,12,14,18-20H,4-6,9-11H2,1-3H3/q+1/p+1/t14-,18-,19-,20-/m0/s1. The number of nitrogens with zero attached hydrogens (tertiary/aromatic N) is 3. The molecule has 5 heterocycles. The Morgan fingerprint density at radius 1 is 1.26 bits per heavy atom. The van der Waals surface area contributed by atoms with Crippen LogP contribution in [0.3, 0.4) is 0 Å². The van der Waals surface area contributed by atoms with Crippen LogP contribution in [-0.2, 0) is 9.59 Å². The van der Waals surface area contributed by atoms with E-state index in [0.717, 1.165) is 47.4 Å². The largest absolute Gasteiger partial charge is 0.355 e. The Hall–Kier alpha value is -1.74. The summed E-state index contributed by atoms with van der Waals surface area (Å²) in [7, 11) is 6.38. The average Bonchev–Trinajstić information content (AvgIpc) is 3.47. The minimum absolute atomic E-state index is 0.0213. The number of fused-ring (bicyclic) bond motifs is 3. The Morgan fingerprint density at radius 3 is 2.74 bits per heavy atom. The SMILES string of the molecule is C[N+](C)(C)CCCN1C(=O)[C@@H]2[C@H](C1=O)[C@H](c1cc(-c3ccc(Cl)s3)on1)[NH+]1CCC[C@@H]21. The second-order valence-corrected chi connectivity index (χ2v) is 11.7. The lowest BCUT2D eigenvalue weighted by Crippen LogP contribution is -3.12. The Morgan fingerprint density at radius 2 is 2.03 bits per heavy atom. The number of amides is 2. The number of rotatable bonds is 6. The summed E-state index contributed by atoms with van der Waals surface area (Å²) in [6.45, 7) is 2.40. The van der Waals surface area contributed by atoms with Crippen molar-refractivity contribution in [2.24, 2.45) is 11.8 Å². The number of thiophene rings is 1. The van der Waals surface area contributed by atoms with E-state index in [1.54, 1.807) is 0 Å². The maximum absolute atomic E-state index is 13.5. The van der Waals surface area contributed by atoms with E-state index in [4.69, 9.17) is 16.1 Å². The number of likely N-dealkylation sites (tertiary alicyclic amines) is 1. The number of halogens is 1. The second-order valence-electron chi connectivity index (χ2n) is 10.0. The molecule has 2 aromatic heterocycles. The minimum Gasteiger partial charge on any atom is -0.355 e. The maximum atomic E-state index is 13.5. The molecule has 0 aromatic carbocycles. The van der Waals surface area contributed by atoms with Crippen LogP contribution < -0.4 is 4.90 Å². The van der Waals surface area contributed by atoms with Crippen molar-refractivity contribution in [3.05, 3.63) is 28.2 Å². The Kier molecular flexibility index (Phi) is 5.24. The molecule has 9 heteroatoms. The normalized spacial score (nSPS) is 30.3. The molecule has 0 aliphatic carbocycles. The molecule has 7 nitrogen and oxygen atoms in total. The van der Waals surface area contributed by atoms with Crippen molar-refractivity contribution in [2.75, 3.05) is 40.8 Å². The van der Waals surface area contributed by atoms with Crippen molar-refractivity contribution in [2.45, 2.75) is 31.3 Å². The number of quaternary nitrogens is 2. The lowest BCUT2D eigenvalue weighted by Gasteiger charge is -2.26. The zero-order chi connectivity index (χ0) is 21.9. The van der Waals surface area contributed by atoms with Gasteiger partial charge in [0.25, 0.3) is 0 Å². The molecular formula is C22H29ClN4O3S+2. The van der Waals surface area contributed by atoms with E-state index in [-0.39, 0.29) is 35.7 Å². The summed E-state index contributed by atoms with van der Waals surface area (Å²) in [6.07, 6.45) is 2.89. The first-order valence-corrected chi connectivity index (χ1v) is 12.2. The topological polar surface area (TPSA) is 67.9 Å². The predicted molar refractivity (Wildman–Crippen MR) is 118 cm³/mol. The molecular weight excluding hydrogens is 436 g/mol. The number of hydrogen-bond acceptors (Lipinski definition) is 5. The van der Waals surface area contributed by atoms with E-state index in [1.165, 1.54) is 21.1 Å². The fourth-order valence-electron chi connectivity index (χ4n) is 5.77. The summed E-state index contributed by atoms with van der Waals surface area (Å²) in [5.74, 6) is 0.114. The zero-order valence-electron chi connectivity index (χ0n) is 18.1. The molecule has 3 aliphatic rings. The van der Waals surface area contributed by atoms with Gasteiger partial charge >= 0.3 is 0 Å². The lowest BCUT2D eigenvalue weighted by atomic mass is 9.86. The van der Waals surface area contributed by atoms with Gasteiger partial charge in [0, 0.05) is 31.9 Å². The Balaban J connectivity index is 1.42. The molecule has 5 atom stereocenters. The molecule has 0 radical (unpaired) electrons. The molecule has 31 heavy (non-hydrogen) atoms. The summed E-state index contributed by atoms with van der Waals surface area (Å²) in [5, 5.41) is 4.37. The van der Waals surface area contributed by atoms with Gasteiger partial charge in [-0.25, -0.2) is 0 Å². The van der Waals surface area contributed by atoms with Crippen LogP contribution in [0.2, 0.25) is 4.34 Å². The highest BCUT2D eigenvalue weighted by atomic mass is 35.5. The van der Waals surface area contributed by atoms with Crippen LogP contribution in [0.5, 0.6) is 0 Å². The molecule has 0 bridgehead atoms. The quantitative estimate of drug-likeness (QED) is 0.523. The molecule has 0 saturated carbocycles. The zero-order valence-corrected chi connectivity index (χ0v) is 19.7. The molecule has 2 aromatic rings. The van der Waals surface area contributed by atoms with E-state index < -0.39 is 0 Å². The van der Waals surface area contributed by atoms with Crippen LogP contribution in [-0.4, -0.2) is 73.2 Å². The summed E-state index contributed by atoms with van der Waals surface area (Å²) >= 11 is 7.52. The fraction of sp³-hybridized carbons (Fsp3) is 0.591. The van der Waals surface area contributed by atoms with Crippen molar-refractivity contribution in [3.63, 3.8) is 0 Å². The van der Waals surface area contributed by atoms with Gasteiger partial charge in [0.1, 0.15) is 29.6 Å². The first kappa shape index (κ1) is 21.1. The average molecular weight is 465 g/mol. The highest BCUT2D eigenvalue weighted by Gasteiger charge is 2.66. The number of hydrogen-bond donors (Lipinski definition) is 1. The van der Waals surface area contributed by atoms with Crippen LogP contribution in [0.4, 0.5) is 0 Å². The van der Waals surface area contributed by atoms with Gasteiger partial charge in [-0.2, -0.15) is 0 Å². The van der Waals surface area contributed by atoms with Crippen LogP contribution in [0.25, 0.3) is 10.6 Å². The molecule has 1 unspecified atom stereocenters. The van der Waals surface area contributed by atoms with Crippen molar-refractivity contribution < 1.29 is 23.5 Å². The third kappa shape index (κ3) is 3.63. The van der Waals surface area contributed by atoms with Crippen LogP contribution in [0, 0.1) is 11.8 Å². The van der Waals surface area contributed by atoms with E-state index in [1.807, 2.05) is 18.2 Å². The van der Waals surface area contributed by atoms with Crippen molar-refractivity contribution in [1.29, 1.82) is 0 Å². The van der Waals surface area contributed by atoms with Crippen molar-refractivity contribution >= 4 is 34.8 Å². The molecule has 3 saturated heterocycles. The second kappa shape index (κ2) is 7.69. The van der Waals surface area contributed by atoms with Gasteiger partial charge in [0.2, 0.25) is 11.8 Å². The summed E-state index contributed by atoms with van der Waals surface area (Å²) in [6, 6.07) is 5.77. The van der Waals surface area contributed by atoms with Crippen LogP contribution >= 0.6 is 22.9 Å². The predicted octanol–water partition coefficient (Wildman–Crippen LogP) is 1.86. The Bertz CT molecular complexity index is 1010. The first-order chi connectivity index (χ1) is 14.7. The first-order valence-electron chi connectivity index (χ1n) is 11.0. The maximum Gasteiger partial charge on any atom is 0.239 e. The highest BCUT2D eigenvalue weighted by Crippen LogP contribution is 2.44. The summed E-state index contributed by atoms with van der Waals surface area (Å²) in [5.41, 5.74) is 0.781. The number of carbonyl (C=O) groups excluding carboxylic acids is 2. The van der Waals surface area contributed by atoms with Gasteiger partial charge in [-0.1, -0.05) is 16.8 Å². The number of aromatic nitrogens is 1. The van der Waals surface area contributed by atoms with E-state index in [2.05, 4.69) is 26.3 Å². The molecule has 0 spiro atoms. The molecule has 3 aliphatic heterocycles.